The van der Waals surface area contributed by atoms with Crippen LogP contribution in [0.15, 0.2) is 51.7 Å². The fraction of sp³-hybridized carbons (Fsp3) is 0.200. The molecule has 1 atom stereocenters. The minimum absolute atomic E-state index is 0.126. The molecule has 5 nitrogen and oxygen atoms in total. The molecule has 3 aromatic rings. The van der Waals surface area contributed by atoms with Crippen LogP contribution < -0.4 is 15.3 Å². The number of rotatable bonds is 4. The molecule has 0 bridgehead atoms. The van der Waals surface area contributed by atoms with Crippen molar-refractivity contribution < 1.29 is 19.1 Å². The first kappa shape index (κ1) is 16.8. The number of hydrogen-bond acceptors (Lipinski definition) is 5. The second-order valence-corrected chi connectivity index (χ2v) is 6.03. The fourth-order valence-electron chi connectivity index (χ4n) is 2.52. The molecule has 0 aliphatic heterocycles. The molecule has 0 radical (unpaired) electrons. The molecule has 25 heavy (non-hydrogen) atoms. The predicted octanol–water partition coefficient (Wildman–Crippen LogP) is 2.59. The average molecular weight is 337 g/mol. The zero-order valence-corrected chi connectivity index (χ0v) is 14.2. The minimum atomic E-state index is -1.40. The highest BCUT2D eigenvalue weighted by Crippen LogP contribution is 2.31. The lowest BCUT2D eigenvalue weighted by molar-refractivity contribution is -0.312. The summed E-state index contributed by atoms with van der Waals surface area (Å²) in [5.74, 6) is -1.33. The molecule has 128 valence electrons. The molecule has 1 heterocycles. The zero-order valence-electron chi connectivity index (χ0n) is 14.2. The molecule has 0 unspecified atom stereocenters. The molecule has 5 heteroatoms. The van der Waals surface area contributed by atoms with Crippen LogP contribution in [0.5, 0.6) is 5.75 Å². The molecule has 2 aromatic carbocycles. The summed E-state index contributed by atoms with van der Waals surface area (Å²) in [7, 11) is 0. The topological polar surface area (TPSA) is 79.6 Å². The van der Waals surface area contributed by atoms with Gasteiger partial charge in [-0.3, -0.25) is 4.79 Å². The predicted molar refractivity (Wildman–Crippen MR) is 92.5 cm³/mol. The van der Waals surface area contributed by atoms with E-state index < -0.39 is 17.5 Å². The maximum absolute atomic E-state index is 12.9. The number of carboxylic acids is 1. The summed E-state index contributed by atoms with van der Waals surface area (Å²) in [5, 5.41) is 11.4. The van der Waals surface area contributed by atoms with Gasteiger partial charge in [0.05, 0.1) is 11.4 Å². The van der Waals surface area contributed by atoms with Crippen molar-refractivity contribution >= 4 is 16.9 Å². The standard InChI is InChI=1S/C20H18O5/c1-11-4-7-14(8-5-11)18-19(24-13(3)20(22)23)17(21)15-10-12(2)6-9-16(15)25-18/h4-10,13H,1-3H3,(H,22,23)/p-1/t13-/m0/s1. The van der Waals surface area contributed by atoms with Crippen LogP contribution in [-0.2, 0) is 4.79 Å². The van der Waals surface area contributed by atoms with Crippen molar-refractivity contribution in [2.75, 3.05) is 0 Å². The Balaban J connectivity index is 2.29. The third-order valence-electron chi connectivity index (χ3n) is 3.94. The van der Waals surface area contributed by atoms with Crippen LogP contribution in [-0.4, -0.2) is 12.1 Å². The van der Waals surface area contributed by atoms with Crippen molar-refractivity contribution in [3.63, 3.8) is 0 Å². The second kappa shape index (κ2) is 6.43. The summed E-state index contributed by atoms with van der Waals surface area (Å²) in [4.78, 5) is 24.0. The number of aliphatic carboxylic acids is 1. The number of carbonyl (C=O) groups excluding carboxylic acids is 1. The molecule has 0 spiro atoms. The number of hydrogen-bond donors (Lipinski definition) is 0. The van der Waals surface area contributed by atoms with Crippen LogP contribution >= 0.6 is 0 Å². The molecule has 0 amide bonds. The Morgan fingerprint density at radius 3 is 2.36 bits per heavy atom. The van der Waals surface area contributed by atoms with Crippen molar-refractivity contribution in [1.82, 2.24) is 0 Å². The van der Waals surface area contributed by atoms with Crippen LogP contribution in [0.1, 0.15) is 18.1 Å². The van der Waals surface area contributed by atoms with Gasteiger partial charge in [0.1, 0.15) is 11.7 Å². The number of aryl methyl sites for hydroxylation is 2. The van der Waals surface area contributed by atoms with Gasteiger partial charge < -0.3 is 19.1 Å². The Hall–Kier alpha value is -3.08. The Kier molecular flexibility index (Phi) is 4.31. The highest BCUT2D eigenvalue weighted by atomic mass is 16.5. The first-order chi connectivity index (χ1) is 11.9. The average Bonchev–Trinajstić information content (AvgIpc) is 2.58. The van der Waals surface area contributed by atoms with E-state index in [1.807, 2.05) is 32.0 Å². The van der Waals surface area contributed by atoms with E-state index in [9.17, 15) is 14.7 Å². The summed E-state index contributed by atoms with van der Waals surface area (Å²) in [6.07, 6.45) is -1.28. The third-order valence-corrected chi connectivity index (χ3v) is 3.94. The van der Waals surface area contributed by atoms with E-state index in [-0.39, 0.29) is 11.5 Å². The van der Waals surface area contributed by atoms with E-state index in [4.69, 9.17) is 9.15 Å². The first-order valence-corrected chi connectivity index (χ1v) is 7.89. The minimum Gasteiger partial charge on any atom is -0.546 e. The highest BCUT2D eigenvalue weighted by Gasteiger charge is 2.20. The van der Waals surface area contributed by atoms with Crippen molar-refractivity contribution in [2.24, 2.45) is 0 Å². The molecule has 0 N–H and O–H groups in total. The fourth-order valence-corrected chi connectivity index (χ4v) is 2.52. The van der Waals surface area contributed by atoms with Gasteiger partial charge in [0.2, 0.25) is 11.2 Å². The molecule has 0 saturated heterocycles. The lowest BCUT2D eigenvalue weighted by Gasteiger charge is -2.17. The summed E-state index contributed by atoms with van der Waals surface area (Å²) in [5.41, 5.74) is 2.58. The maximum atomic E-state index is 12.9. The first-order valence-electron chi connectivity index (χ1n) is 7.89. The van der Waals surface area contributed by atoms with Gasteiger partial charge in [-0.1, -0.05) is 41.5 Å². The Morgan fingerprint density at radius 1 is 1.08 bits per heavy atom. The van der Waals surface area contributed by atoms with Gasteiger partial charge in [-0.15, -0.1) is 0 Å². The van der Waals surface area contributed by atoms with Crippen LogP contribution in [0, 0.1) is 13.8 Å². The molecule has 0 saturated carbocycles. The number of carboxylic acid groups (broad SMARTS) is 1. The van der Waals surface area contributed by atoms with Gasteiger partial charge in [-0.05, 0) is 32.9 Å². The number of carbonyl (C=O) groups is 1. The third kappa shape index (κ3) is 3.26. The van der Waals surface area contributed by atoms with E-state index in [1.165, 1.54) is 6.92 Å². The summed E-state index contributed by atoms with van der Waals surface area (Å²) < 4.78 is 11.3. The van der Waals surface area contributed by atoms with E-state index in [0.717, 1.165) is 11.1 Å². The van der Waals surface area contributed by atoms with Gasteiger partial charge in [-0.25, -0.2) is 0 Å². The SMILES string of the molecule is Cc1ccc(-c2oc3ccc(C)cc3c(=O)c2O[C@@H](C)C(=O)[O-])cc1. The van der Waals surface area contributed by atoms with E-state index in [2.05, 4.69) is 0 Å². The quantitative estimate of drug-likeness (QED) is 0.731. The number of ether oxygens (including phenoxy) is 1. The van der Waals surface area contributed by atoms with Crippen molar-refractivity contribution in [2.45, 2.75) is 26.9 Å². The van der Waals surface area contributed by atoms with E-state index in [1.54, 1.807) is 24.3 Å². The van der Waals surface area contributed by atoms with Crippen molar-refractivity contribution in [3.05, 3.63) is 63.8 Å². The summed E-state index contributed by atoms with van der Waals surface area (Å²) in [6, 6.07) is 12.6. The number of benzene rings is 2. The molecular weight excluding hydrogens is 320 g/mol. The van der Waals surface area contributed by atoms with Gasteiger partial charge in [0.25, 0.3) is 0 Å². The molecule has 3 rings (SSSR count). The van der Waals surface area contributed by atoms with Crippen molar-refractivity contribution in [3.8, 4) is 17.1 Å². The second-order valence-electron chi connectivity index (χ2n) is 6.03. The smallest absolute Gasteiger partial charge is 0.235 e. The van der Waals surface area contributed by atoms with Crippen molar-refractivity contribution in [1.29, 1.82) is 0 Å². The van der Waals surface area contributed by atoms with Gasteiger partial charge in [0.15, 0.2) is 5.76 Å². The lowest BCUT2D eigenvalue weighted by atomic mass is 10.1. The zero-order chi connectivity index (χ0) is 18.1. The van der Waals surface area contributed by atoms with Gasteiger partial charge in [-0.2, -0.15) is 0 Å². The Bertz CT molecular complexity index is 999. The summed E-state index contributed by atoms with van der Waals surface area (Å²) >= 11 is 0. The van der Waals surface area contributed by atoms with Gasteiger partial charge in [0, 0.05) is 5.56 Å². The Labute approximate surface area is 144 Å². The lowest BCUT2D eigenvalue weighted by Crippen LogP contribution is -2.38. The summed E-state index contributed by atoms with van der Waals surface area (Å²) in [6.45, 7) is 5.12. The van der Waals surface area contributed by atoms with Gasteiger partial charge >= 0.3 is 0 Å². The van der Waals surface area contributed by atoms with Crippen LogP contribution in [0.3, 0.4) is 0 Å². The normalized spacial score (nSPS) is 12.1. The monoisotopic (exact) mass is 337 g/mol. The van der Waals surface area contributed by atoms with Crippen LogP contribution in [0.4, 0.5) is 0 Å². The molecule has 0 aliphatic rings. The van der Waals surface area contributed by atoms with Crippen LogP contribution in [0.25, 0.3) is 22.3 Å². The van der Waals surface area contributed by atoms with E-state index in [0.29, 0.717) is 16.5 Å². The van der Waals surface area contributed by atoms with E-state index >= 15 is 0 Å². The highest BCUT2D eigenvalue weighted by molar-refractivity contribution is 5.83. The molecular formula is C20H17O5-. The molecule has 0 aliphatic carbocycles. The van der Waals surface area contributed by atoms with Crippen LogP contribution in [0.2, 0.25) is 0 Å². The number of fused-ring (bicyclic) bond motifs is 1. The largest absolute Gasteiger partial charge is 0.546 e. The molecule has 1 aromatic heterocycles. The molecule has 0 fully saturated rings. The Morgan fingerprint density at radius 2 is 1.72 bits per heavy atom. The maximum Gasteiger partial charge on any atom is 0.235 e.